The largest absolute Gasteiger partial charge is 0.0776 e. The van der Waals surface area contributed by atoms with E-state index < -0.39 is 0 Å². The molecular weight excluding hydrogens is 312 g/mol. The van der Waals surface area contributed by atoms with Gasteiger partial charge in [-0.25, -0.2) is 0 Å². The Morgan fingerprint density at radius 2 is 0.577 bits per heavy atom. The number of rotatable bonds is 0. The number of hydrogen-bond donors (Lipinski definition) is 0. The van der Waals surface area contributed by atoms with Gasteiger partial charge in [-0.3, -0.25) is 0 Å². The molecule has 124 valence electrons. The van der Waals surface area contributed by atoms with Gasteiger partial charge in [-0.1, -0.05) is 104 Å². The molecule has 26 heavy (non-hydrogen) atoms. The Morgan fingerprint density at radius 1 is 0.346 bits per heavy atom. The monoisotopic (exact) mass is 332 g/mol. The Morgan fingerprint density at radius 3 is 0.846 bits per heavy atom. The fraction of sp³-hybridized carbons (Fsp3) is 0.0769. The zero-order chi connectivity index (χ0) is 16.4. The van der Waals surface area contributed by atoms with Gasteiger partial charge >= 0.3 is 0 Å². The summed E-state index contributed by atoms with van der Waals surface area (Å²) in [4.78, 5) is 0. The van der Waals surface area contributed by atoms with Crippen molar-refractivity contribution in [2.45, 2.75) is 12.8 Å². The maximum atomic E-state index is 2.31. The number of benzene rings is 4. The lowest BCUT2D eigenvalue weighted by Gasteiger charge is -2.30. The Hall–Kier alpha value is -3.12. The van der Waals surface area contributed by atoms with Crippen LogP contribution in [0.15, 0.2) is 97.1 Å². The molecule has 0 N–H and O–H groups in total. The van der Waals surface area contributed by atoms with Crippen LogP contribution < -0.4 is 0 Å². The molecule has 4 aromatic carbocycles. The first kappa shape index (κ1) is 15.2. The lowest BCUT2D eigenvalue weighted by molar-refractivity contribution is 0.794. The van der Waals surface area contributed by atoms with E-state index in [2.05, 4.69) is 97.1 Å². The predicted molar refractivity (Wildman–Crippen MR) is 109 cm³/mol. The van der Waals surface area contributed by atoms with Crippen molar-refractivity contribution in [1.29, 1.82) is 0 Å². The minimum absolute atomic E-state index is 0. The van der Waals surface area contributed by atoms with E-state index >= 15 is 0 Å². The summed E-state index contributed by atoms with van der Waals surface area (Å²) in [5.74, 6) is 0. The van der Waals surface area contributed by atoms with Crippen LogP contribution in [-0.4, -0.2) is 0 Å². The summed E-state index contributed by atoms with van der Waals surface area (Å²) >= 11 is 0. The highest BCUT2D eigenvalue weighted by molar-refractivity contribution is 5.94. The molecule has 4 aromatic rings. The summed E-state index contributed by atoms with van der Waals surface area (Å²) in [7, 11) is 0. The van der Waals surface area contributed by atoms with Crippen molar-refractivity contribution in [2.24, 2.45) is 0 Å². The SMILES string of the molecule is C.c1ccc2c(c1)-c1ccccc1C21c2ccccc2-c2ccccc21. The normalized spacial score (nSPS) is 14.2. The first-order valence-corrected chi connectivity index (χ1v) is 8.81. The summed E-state index contributed by atoms with van der Waals surface area (Å²) in [5.41, 5.74) is 10.9. The summed E-state index contributed by atoms with van der Waals surface area (Å²) < 4.78 is 0. The molecule has 0 fully saturated rings. The van der Waals surface area contributed by atoms with E-state index in [4.69, 9.17) is 0 Å². The lowest BCUT2D eigenvalue weighted by Crippen LogP contribution is -2.25. The summed E-state index contributed by atoms with van der Waals surface area (Å²) in [5, 5.41) is 0. The van der Waals surface area contributed by atoms with E-state index in [1.54, 1.807) is 0 Å². The van der Waals surface area contributed by atoms with E-state index in [9.17, 15) is 0 Å². The van der Waals surface area contributed by atoms with Crippen LogP contribution in [0.25, 0.3) is 22.3 Å². The number of fused-ring (bicyclic) bond motifs is 10. The minimum atomic E-state index is -0.180. The van der Waals surface area contributed by atoms with Crippen molar-refractivity contribution < 1.29 is 0 Å². The molecule has 2 aliphatic carbocycles. The molecule has 0 aliphatic heterocycles. The van der Waals surface area contributed by atoms with Crippen LogP contribution in [0.2, 0.25) is 0 Å². The maximum Gasteiger partial charge on any atom is 0.0725 e. The van der Waals surface area contributed by atoms with Crippen molar-refractivity contribution >= 4 is 0 Å². The van der Waals surface area contributed by atoms with Gasteiger partial charge in [0.05, 0.1) is 5.41 Å². The van der Waals surface area contributed by atoms with Gasteiger partial charge in [0.25, 0.3) is 0 Å². The topological polar surface area (TPSA) is 0 Å². The second kappa shape index (κ2) is 5.19. The molecule has 0 unspecified atom stereocenters. The predicted octanol–water partition coefficient (Wildman–Crippen LogP) is 6.67. The Balaban J connectivity index is 0.00000150. The van der Waals surface area contributed by atoms with Crippen LogP contribution in [0.5, 0.6) is 0 Å². The second-order valence-corrected chi connectivity index (χ2v) is 6.93. The average molecular weight is 332 g/mol. The van der Waals surface area contributed by atoms with Gasteiger partial charge in [-0.05, 0) is 44.5 Å². The average Bonchev–Trinajstić information content (AvgIpc) is 3.16. The van der Waals surface area contributed by atoms with Crippen LogP contribution in [0.1, 0.15) is 29.7 Å². The molecule has 0 radical (unpaired) electrons. The van der Waals surface area contributed by atoms with Gasteiger partial charge in [0.15, 0.2) is 0 Å². The molecule has 0 saturated heterocycles. The first-order chi connectivity index (χ1) is 12.4. The van der Waals surface area contributed by atoms with Crippen LogP contribution in [-0.2, 0) is 5.41 Å². The Bertz CT molecular complexity index is 962. The molecule has 0 atom stereocenters. The molecular formula is C26H20. The van der Waals surface area contributed by atoms with Gasteiger partial charge in [-0.2, -0.15) is 0 Å². The van der Waals surface area contributed by atoms with E-state index in [1.165, 1.54) is 44.5 Å². The maximum absolute atomic E-state index is 2.31. The summed E-state index contributed by atoms with van der Waals surface area (Å²) in [6.45, 7) is 0. The highest BCUT2D eigenvalue weighted by atomic mass is 14.5. The third kappa shape index (κ3) is 1.55. The van der Waals surface area contributed by atoms with E-state index in [-0.39, 0.29) is 12.8 Å². The molecule has 0 bridgehead atoms. The molecule has 0 nitrogen and oxygen atoms in total. The zero-order valence-electron chi connectivity index (χ0n) is 13.7. The first-order valence-electron chi connectivity index (χ1n) is 8.81. The zero-order valence-corrected chi connectivity index (χ0v) is 13.7. The van der Waals surface area contributed by atoms with E-state index in [0.29, 0.717) is 0 Å². The fourth-order valence-corrected chi connectivity index (χ4v) is 5.05. The van der Waals surface area contributed by atoms with E-state index in [0.717, 1.165) is 0 Å². The van der Waals surface area contributed by atoms with Crippen molar-refractivity contribution in [3.05, 3.63) is 119 Å². The van der Waals surface area contributed by atoms with Crippen LogP contribution in [0.4, 0.5) is 0 Å². The molecule has 0 saturated carbocycles. The third-order valence-electron chi connectivity index (χ3n) is 5.90. The molecule has 0 amide bonds. The molecule has 1 spiro atoms. The standard InChI is InChI=1S/C25H16.CH4/c1-5-13-21-17(9-1)18-10-2-6-14-22(18)25(21)23-15-7-3-11-19(23)20-12-4-8-16-24(20)25;/h1-16H;1H4. The van der Waals surface area contributed by atoms with Crippen molar-refractivity contribution in [2.75, 3.05) is 0 Å². The quantitative estimate of drug-likeness (QED) is 0.291. The van der Waals surface area contributed by atoms with Crippen molar-refractivity contribution in [1.82, 2.24) is 0 Å². The van der Waals surface area contributed by atoms with E-state index in [1.807, 2.05) is 0 Å². The molecule has 0 aromatic heterocycles. The third-order valence-corrected chi connectivity index (χ3v) is 5.90. The van der Waals surface area contributed by atoms with Crippen molar-refractivity contribution in [3.63, 3.8) is 0 Å². The second-order valence-electron chi connectivity index (χ2n) is 6.93. The molecule has 0 heterocycles. The van der Waals surface area contributed by atoms with Crippen LogP contribution in [0.3, 0.4) is 0 Å². The van der Waals surface area contributed by atoms with Gasteiger partial charge in [0.1, 0.15) is 0 Å². The van der Waals surface area contributed by atoms with Gasteiger partial charge in [0, 0.05) is 0 Å². The minimum Gasteiger partial charge on any atom is -0.0776 e. The lowest BCUT2D eigenvalue weighted by atomic mass is 9.70. The van der Waals surface area contributed by atoms with Crippen molar-refractivity contribution in [3.8, 4) is 22.3 Å². The molecule has 2 aliphatic rings. The summed E-state index contributed by atoms with van der Waals surface area (Å²) in [6.07, 6.45) is 0. The smallest absolute Gasteiger partial charge is 0.0725 e. The highest BCUT2D eigenvalue weighted by Crippen LogP contribution is 2.62. The Labute approximate surface area is 154 Å². The van der Waals surface area contributed by atoms with Gasteiger partial charge < -0.3 is 0 Å². The highest BCUT2D eigenvalue weighted by Gasteiger charge is 2.51. The fourth-order valence-electron chi connectivity index (χ4n) is 5.05. The van der Waals surface area contributed by atoms with Crippen LogP contribution >= 0.6 is 0 Å². The van der Waals surface area contributed by atoms with Gasteiger partial charge in [0.2, 0.25) is 0 Å². The summed E-state index contributed by atoms with van der Waals surface area (Å²) in [6, 6.07) is 35.7. The molecule has 6 rings (SSSR count). The number of hydrogen-bond acceptors (Lipinski definition) is 0. The Kier molecular flexibility index (Phi) is 3.02. The van der Waals surface area contributed by atoms with Gasteiger partial charge in [-0.15, -0.1) is 0 Å². The molecule has 0 heteroatoms. The van der Waals surface area contributed by atoms with Crippen LogP contribution in [0, 0.1) is 0 Å².